The number of carbonyl (C=O) groups excluding carboxylic acids is 2. The van der Waals surface area contributed by atoms with Crippen LogP contribution in [0.3, 0.4) is 0 Å². The van der Waals surface area contributed by atoms with Crippen molar-refractivity contribution in [3.63, 3.8) is 0 Å². The number of hydrogen-bond acceptors (Lipinski definition) is 7. The molecule has 0 spiro atoms. The maximum Gasteiger partial charge on any atom is 0.302 e. The largest absolute Gasteiger partial charge is 0.507 e. The van der Waals surface area contributed by atoms with Gasteiger partial charge in [0.1, 0.15) is 5.76 Å². The van der Waals surface area contributed by atoms with E-state index in [0.717, 1.165) is 10.5 Å². The van der Waals surface area contributed by atoms with Crippen LogP contribution in [0.5, 0.6) is 0 Å². The summed E-state index contributed by atoms with van der Waals surface area (Å²) in [6.45, 7) is 1.87. The summed E-state index contributed by atoms with van der Waals surface area (Å²) in [6, 6.07) is 12.7. The van der Waals surface area contributed by atoms with Crippen molar-refractivity contribution in [3.8, 4) is 0 Å². The molecule has 9 nitrogen and oxygen atoms in total. The summed E-state index contributed by atoms with van der Waals surface area (Å²) in [5.74, 6) is -2.30. The molecular weight excluding hydrogens is 400 g/mol. The van der Waals surface area contributed by atoms with Crippen LogP contribution in [0.1, 0.15) is 22.7 Å². The van der Waals surface area contributed by atoms with Gasteiger partial charge in [-0.1, -0.05) is 42.0 Å². The number of Topliss-reactive ketones (excluding diaryl/α,β-unsaturated/α-hetero) is 1. The number of aliphatic hydroxyl groups excluding tert-OH is 1. The molecule has 1 N–H and O–H groups in total. The van der Waals surface area contributed by atoms with E-state index in [2.05, 4.69) is 9.97 Å². The van der Waals surface area contributed by atoms with E-state index in [-0.39, 0.29) is 28.5 Å². The third-order valence-electron chi connectivity index (χ3n) is 4.93. The second kappa shape index (κ2) is 7.79. The maximum atomic E-state index is 13.0. The fourth-order valence-corrected chi connectivity index (χ4v) is 3.45. The molecular formula is C22H16N4O5. The lowest BCUT2D eigenvalue weighted by Gasteiger charge is -2.23. The minimum absolute atomic E-state index is 0.0518. The third-order valence-corrected chi connectivity index (χ3v) is 4.93. The summed E-state index contributed by atoms with van der Waals surface area (Å²) in [6.07, 6.45) is 2.82. The molecule has 2 heterocycles. The molecule has 1 fully saturated rings. The number of aryl methyl sites for hydroxylation is 1. The minimum Gasteiger partial charge on any atom is -0.507 e. The molecule has 0 aliphatic carbocycles. The molecule has 31 heavy (non-hydrogen) atoms. The number of ketones is 1. The zero-order valence-corrected chi connectivity index (χ0v) is 16.3. The van der Waals surface area contributed by atoms with Gasteiger partial charge in [0, 0.05) is 30.1 Å². The predicted molar refractivity (Wildman–Crippen MR) is 111 cm³/mol. The number of benzene rings is 2. The van der Waals surface area contributed by atoms with E-state index in [0.29, 0.717) is 5.56 Å². The summed E-state index contributed by atoms with van der Waals surface area (Å²) < 4.78 is 0. The van der Waals surface area contributed by atoms with Gasteiger partial charge in [0.2, 0.25) is 5.95 Å². The molecule has 1 atom stereocenters. The van der Waals surface area contributed by atoms with Crippen molar-refractivity contribution in [1.29, 1.82) is 0 Å². The molecule has 9 heteroatoms. The number of rotatable bonds is 4. The molecule has 2 aromatic carbocycles. The van der Waals surface area contributed by atoms with Gasteiger partial charge in [0.05, 0.1) is 16.5 Å². The highest BCUT2D eigenvalue weighted by Gasteiger charge is 2.48. The topological polar surface area (TPSA) is 127 Å². The van der Waals surface area contributed by atoms with Crippen molar-refractivity contribution < 1.29 is 19.6 Å². The summed E-state index contributed by atoms with van der Waals surface area (Å²) in [4.78, 5) is 45.8. The molecule has 3 aromatic rings. The van der Waals surface area contributed by atoms with Crippen molar-refractivity contribution in [2.75, 3.05) is 4.90 Å². The number of amides is 1. The zero-order chi connectivity index (χ0) is 22.1. The first-order valence-electron chi connectivity index (χ1n) is 9.28. The monoisotopic (exact) mass is 416 g/mol. The fourth-order valence-electron chi connectivity index (χ4n) is 3.45. The smallest absolute Gasteiger partial charge is 0.302 e. The van der Waals surface area contributed by atoms with Gasteiger partial charge >= 0.3 is 5.91 Å². The van der Waals surface area contributed by atoms with Crippen molar-refractivity contribution in [1.82, 2.24) is 9.97 Å². The molecule has 1 unspecified atom stereocenters. The first-order valence-corrected chi connectivity index (χ1v) is 9.28. The molecule has 1 aliphatic rings. The number of nitro groups is 1. The number of anilines is 1. The first kappa shape index (κ1) is 19.9. The number of hydrogen-bond donors (Lipinski definition) is 1. The zero-order valence-electron chi connectivity index (χ0n) is 16.3. The van der Waals surface area contributed by atoms with Gasteiger partial charge in [-0.15, -0.1) is 0 Å². The molecule has 154 valence electrons. The van der Waals surface area contributed by atoms with Gasteiger partial charge < -0.3 is 5.11 Å². The lowest BCUT2D eigenvalue weighted by molar-refractivity contribution is -0.384. The normalized spacial score (nSPS) is 17.7. The molecule has 1 amide bonds. The number of nitro benzene ring substituents is 1. The van der Waals surface area contributed by atoms with E-state index in [4.69, 9.17) is 0 Å². The molecule has 0 bridgehead atoms. The van der Waals surface area contributed by atoms with Crippen molar-refractivity contribution in [2.45, 2.75) is 13.0 Å². The maximum absolute atomic E-state index is 13.0. The summed E-state index contributed by atoms with van der Waals surface area (Å²) in [5.41, 5.74) is 1.15. The van der Waals surface area contributed by atoms with Crippen LogP contribution in [0.2, 0.25) is 0 Å². The first-order chi connectivity index (χ1) is 14.9. The lowest BCUT2D eigenvalue weighted by atomic mass is 9.95. The molecule has 1 aromatic heterocycles. The Morgan fingerprint density at radius 2 is 1.74 bits per heavy atom. The quantitative estimate of drug-likeness (QED) is 0.227. The third kappa shape index (κ3) is 3.52. The highest BCUT2D eigenvalue weighted by molar-refractivity contribution is 6.51. The Bertz CT molecular complexity index is 1220. The van der Waals surface area contributed by atoms with Gasteiger partial charge in [-0.05, 0) is 18.6 Å². The highest BCUT2D eigenvalue weighted by atomic mass is 16.6. The van der Waals surface area contributed by atoms with Crippen LogP contribution < -0.4 is 4.90 Å². The second-order valence-corrected chi connectivity index (χ2v) is 6.94. The Hall–Kier alpha value is -4.40. The van der Waals surface area contributed by atoms with Crippen LogP contribution in [0, 0.1) is 17.0 Å². The summed E-state index contributed by atoms with van der Waals surface area (Å²) in [7, 11) is 0. The molecule has 1 saturated heterocycles. The number of aromatic nitrogens is 2. The van der Waals surface area contributed by atoms with Gasteiger partial charge in [0.15, 0.2) is 0 Å². The molecule has 1 aliphatic heterocycles. The van der Waals surface area contributed by atoms with Crippen LogP contribution >= 0.6 is 0 Å². The van der Waals surface area contributed by atoms with Gasteiger partial charge in [-0.3, -0.25) is 24.6 Å². The van der Waals surface area contributed by atoms with Gasteiger partial charge in [-0.2, -0.15) is 0 Å². The average Bonchev–Trinajstić information content (AvgIpc) is 3.05. The second-order valence-electron chi connectivity index (χ2n) is 6.94. The highest BCUT2D eigenvalue weighted by Crippen LogP contribution is 2.41. The van der Waals surface area contributed by atoms with E-state index < -0.39 is 22.7 Å². The van der Waals surface area contributed by atoms with Crippen LogP contribution in [0.25, 0.3) is 5.76 Å². The molecule has 4 rings (SSSR count). The standard InChI is InChI=1S/C22H16N4O5/c1-13-6-8-14(9-7-13)19(27)17-18(15-4-2-5-16(12-15)26(30)31)25(21(29)20(17)28)22-23-10-3-11-24-22/h2-12,18,27H,1H3. The van der Waals surface area contributed by atoms with Crippen LogP contribution in [0.15, 0.2) is 72.6 Å². The van der Waals surface area contributed by atoms with Crippen LogP contribution in [-0.4, -0.2) is 31.7 Å². The van der Waals surface area contributed by atoms with E-state index in [1.165, 1.54) is 30.6 Å². The van der Waals surface area contributed by atoms with Crippen molar-refractivity contribution >= 4 is 29.1 Å². The number of carbonyl (C=O) groups is 2. The minimum atomic E-state index is -1.14. The number of nitrogens with zero attached hydrogens (tertiary/aromatic N) is 4. The number of aliphatic hydroxyl groups is 1. The Balaban J connectivity index is 1.96. The Morgan fingerprint density at radius 1 is 1.06 bits per heavy atom. The fraction of sp³-hybridized carbons (Fsp3) is 0.0909. The average molecular weight is 416 g/mol. The molecule has 0 saturated carbocycles. The van der Waals surface area contributed by atoms with Crippen LogP contribution in [0.4, 0.5) is 11.6 Å². The van der Waals surface area contributed by atoms with E-state index in [9.17, 15) is 24.8 Å². The van der Waals surface area contributed by atoms with E-state index >= 15 is 0 Å². The van der Waals surface area contributed by atoms with Crippen molar-refractivity contribution in [3.05, 3.63) is 99.4 Å². The summed E-state index contributed by atoms with van der Waals surface area (Å²) >= 11 is 0. The van der Waals surface area contributed by atoms with Crippen molar-refractivity contribution in [2.24, 2.45) is 0 Å². The van der Waals surface area contributed by atoms with Crippen LogP contribution in [-0.2, 0) is 9.59 Å². The van der Waals surface area contributed by atoms with E-state index in [1.807, 2.05) is 6.92 Å². The SMILES string of the molecule is Cc1ccc(C(O)=C2C(=O)C(=O)N(c3ncccn3)C2c2cccc([N+](=O)[O-])c2)cc1. The van der Waals surface area contributed by atoms with Gasteiger partial charge in [0.25, 0.3) is 11.5 Å². The molecule has 0 radical (unpaired) electrons. The van der Waals surface area contributed by atoms with E-state index in [1.54, 1.807) is 36.4 Å². The Kier molecular flexibility index (Phi) is 5.00. The number of non-ortho nitro benzene ring substituents is 1. The Morgan fingerprint density at radius 3 is 2.39 bits per heavy atom. The Labute approximate surface area is 176 Å². The van der Waals surface area contributed by atoms with Gasteiger partial charge in [-0.25, -0.2) is 9.97 Å². The lowest BCUT2D eigenvalue weighted by Crippen LogP contribution is -2.31. The predicted octanol–water partition coefficient (Wildman–Crippen LogP) is 3.32. The summed E-state index contributed by atoms with van der Waals surface area (Å²) in [5, 5.41) is 22.3.